The van der Waals surface area contributed by atoms with Crippen molar-refractivity contribution in [1.82, 2.24) is 25.1 Å². The van der Waals surface area contributed by atoms with Crippen molar-refractivity contribution < 1.29 is 9.59 Å². The van der Waals surface area contributed by atoms with Crippen LogP contribution in [-0.4, -0.2) is 56.8 Å². The fraction of sp³-hybridized carbons (Fsp3) is 0.350. The average Bonchev–Trinajstić information content (AvgIpc) is 3.77. The smallest absolute Gasteiger partial charge is 0.222 e. The number of nitrogens with zero attached hydrogens (tertiary/aromatic N) is 6. The average molecular weight is 718 g/mol. The van der Waals surface area contributed by atoms with Gasteiger partial charge in [-0.15, -0.1) is 21.5 Å². The number of carbonyl (C=O) groups excluding carboxylic acids is 2. The van der Waals surface area contributed by atoms with Gasteiger partial charge >= 0.3 is 0 Å². The van der Waals surface area contributed by atoms with Crippen LogP contribution in [0, 0.1) is 26.7 Å². The van der Waals surface area contributed by atoms with Gasteiger partial charge in [-0.2, -0.15) is 0 Å². The van der Waals surface area contributed by atoms with Crippen LogP contribution in [0.25, 0.3) is 16.1 Å². The molecule has 1 saturated heterocycles. The first-order valence-corrected chi connectivity index (χ1v) is 18.9. The number of rotatable bonds is 8. The topological polar surface area (TPSA) is 105 Å². The first-order valence-electron chi connectivity index (χ1n) is 17.7. The van der Waals surface area contributed by atoms with Gasteiger partial charge in [0.05, 0.1) is 12.1 Å². The summed E-state index contributed by atoms with van der Waals surface area (Å²) >= 11 is 7.95. The van der Waals surface area contributed by atoms with E-state index in [1.54, 1.807) is 11.3 Å². The molecule has 1 amide bonds. The second kappa shape index (κ2) is 13.8. The number of aromatic nitrogens is 4. The fourth-order valence-electron chi connectivity index (χ4n) is 7.62. The molecule has 9 nitrogen and oxygen atoms in total. The minimum absolute atomic E-state index is 0.0405. The maximum Gasteiger partial charge on any atom is 0.222 e. The van der Waals surface area contributed by atoms with Gasteiger partial charge in [-0.05, 0) is 92.5 Å². The number of halogens is 1. The minimum atomic E-state index is -0.481. The van der Waals surface area contributed by atoms with Gasteiger partial charge in [0, 0.05) is 65.3 Å². The fourth-order valence-corrected chi connectivity index (χ4v) is 8.96. The molecule has 0 saturated carbocycles. The highest BCUT2D eigenvalue weighted by molar-refractivity contribution is 7.15. The van der Waals surface area contributed by atoms with Gasteiger partial charge in [-0.1, -0.05) is 41.9 Å². The monoisotopic (exact) mass is 717 g/mol. The highest BCUT2D eigenvalue weighted by Gasteiger charge is 2.32. The molecule has 11 heteroatoms. The lowest BCUT2D eigenvalue weighted by atomic mass is 9.93. The van der Waals surface area contributed by atoms with Crippen molar-refractivity contribution in [3.8, 4) is 16.1 Å². The molecule has 8 rings (SSSR count). The van der Waals surface area contributed by atoms with Crippen LogP contribution in [0.15, 0.2) is 65.8 Å². The molecule has 1 fully saturated rings. The van der Waals surface area contributed by atoms with E-state index in [4.69, 9.17) is 21.6 Å². The van der Waals surface area contributed by atoms with Crippen molar-refractivity contribution in [3.63, 3.8) is 0 Å². The van der Waals surface area contributed by atoms with Crippen LogP contribution in [0.1, 0.15) is 76.1 Å². The molecule has 0 bridgehead atoms. The summed E-state index contributed by atoms with van der Waals surface area (Å²) in [5.41, 5.74) is 8.50. The van der Waals surface area contributed by atoms with Crippen LogP contribution in [0.4, 0.5) is 5.82 Å². The van der Waals surface area contributed by atoms with E-state index < -0.39 is 6.04 Å². The summed E-state index contributed by atoms with van der Waals surface area (Å²) in [6.07, 6.45) is 6.26. The van der Waals surface area contributed by atoms with Crippen LogP contribution >= 0.6 is 22.9 Å². The Kier molecular flexibility index (Phi) is 9.06. The molecule has 260 valence electrons. The number of nitrogens with one attached hydrogen (secondary N) is 1. The van der Waals surface area contributed by atoms with Crippen LogP contribution in [-0.2, 0) is 22.4 Å². The highest BCUT2D eigenvalue weighted by Crippen LogP contribution is 2.39. The van der Waals surface area contributed by atoms with Crippen LogP contribution in [0.2, 0.25) is 5.02 Å². The van der Waals surface area contributed by atoms with Crippen molar-refractivity contribution in [3.05, 3.63) is 110 Å². The molecule has 5 aromatic rings. The van der Waals surface area contributed by atoms with Crippen LogP contribution < -0.4 is 10.2 Å². The molecular formula is C40H40ClN7O2S. The van der Waals surface area contributed by atoms with E-state index in [0.717, 1.165) is 88.1 Å². The third kappa shape index (κ3) is 6.63. The lowest BCUT2D eigenvalue weighted by Gasteiger charge is -2.33. The highest BCUT2D eigenvalue weighted by atomic mass is 35.5. The van der Waals surface area contributed by atoms with Gasteiger partial charge in [0.1, 0.15) is 28.5 Å². The Morgan fingerprint density at radius 1 is 0.941 bits per heavy atom. The Morgan fingerprint density at radius 3 is 2.45 bits per heavy atom. The van der Waals surface area contributed by atoms with Gasteiger partial charge in [-0.25, -0.2) is 4.98 Å². The van der Waals surface area contributed by atoms with E-state index in [1.165, 1.54) is 10.4 Å². The number of thiophene rings is 1. The number of piperidine rings is 1. The largest absolute Gasteiger partial charge is 0.357 e. The predicted octanol–water partition coefficient (Wildman–Crippen LogP) is 7.34. The second-order valence-electron chi connectivity index (χ2n) is 14.0. The number of anilines is 1. The molecule has 2 aliphatic heterocycles. The molecule has 0 unspecified atom stereocenters. The van der Waals surface area contributed by atoms with Crippen molar-refractivity contribution in [1.29, 1.82) is 0 Å². The summed E-state index contributed by atoms with van der Waals surface area (Å²) in [7, 11) is 0. The lowest BCUT2D eigenvalue weighted by Crippen LogP contribution is -2.35. The molecule has 0 spiro atoms. The number of hydrogen-bond acceptors (Lipinski definition) is 8. The molecular weight excluding hydrogens is 678 g/mol. The SMILES string of the molecule is Cc1sc2c(c1C)C(c1ccc(Cl)cc1)=N[C@@H](CC(=O)NCCC1CCN(c3ccc(-c4ccc5c(c4)CC(=O)C5)cn3)CC1)c1nnc(C)n1-2. The third-order valence-electron chi connectivity index (χ3n) is 10.6. The number of benzene rings is 2. The van der Waals surface area contributed by atoms with Crippen molar-refractivity contribution >= 4 is 46.2 Å². The molecule has 3 aliphatic rings. The predicted molar refractivity (Wildman–Crippen MR) is 203 cm³/mol. The molecule has 51 heavy (non-hydrogen) atoms. The lowest BCUT2D eigenvalue weighted by molar-refractivity contribution is -0.121. The first kappa shape index (κ1) is 33.5. The number of aliphatic imine (C=N–C) groups is 1. The van der Waals surface area contributed by atoms with E-state index in [2.05, 4.69) is 69.2 Å². The van der Waals surface area contributed by atoms with Crippen molar-refractivity contribution in [2.75, 3.05) is 24.5 Å². The van der Waals surface area contributed by atoms with Crippen molar-refractivity contribution in [2.24, 2.45) is 10.9 Å². The molecule has 0 radical (unpaired) electrons. The number of amides is 1. The summed E-state index contributed by atoms with van der Waals surface area (Å²) in [5, 5.41) is 13.8. The van der Waals surface area contributed by atoms with E-state index in [9.17, 15) is 9.59 Å². The zero-order chi connectivity index (χ0) is 35.2. The van der Waals surface area contributed by atoms with Gasteiger partial charge < -0.3 is 10.2 Å². The van der Waals surface area contributed by atoms with E-state index in [1.807, 2.05) is 37.4 Å². The van der Waals surface area contributed by atoms with E-state index >= 15 is 0 Å². The number of aryl methyl sites for hydroxylation is 2. The summed E-state index contributed by atoms with van der Waals surface area (Å²) in [6.45, 7) is 8.70. The van der Waals surface area contributed by atoms with E-state index in [-0.39, 0.29) is 12.3 Å². The Labute approximate surface area is 306 Å². The third-order valence-corrected chi connectivity index (χ3v) is 12.1. The number of ketones is 1. The molecule has 5 heterocycles. The van der Waals surface area contributed by atoms with E-state index in [0.29, 0.717) is 41.9 Å². The Hall–Kier alpha value is -4.67. The number of hydrogen-bond donors (Lipinski definition) is 1. The Morgan fingerprint density at radius 2 is 1.69 bits per heavy atom. The number of fused-ring (bicyclic) bond motifs is 4. The second-order valence-corrected chi connectivity index (χ2v) is 15.6. The molecule has 1 N–H and O–H groups in total. The maximum absolute atomic E-state index is 13.5. The number of pyridine rings is 1. The first-order chi connectivity index (χ1) is 24.7. The Bertz CT molecular complexity index is 2160. The maximum atomic E-state index is 13.5. The van der Waals surface area contributed by atoms with Gasteiger partial charge in [0.15, 0.2) is 5.82 Å². The van der Waals surface area contributed by atoms with Gasteiger partial charge in [0.25, 0.3) is 0 Å². The minimum Gasteiger partial charge on any atom is -0.357 e. The molecule has 3 aromatic heterocycles. The Balaban J connectivity index is 0.884. The normalized spacial score (nSPS) is 17.1. The zero-order valence-electron chi connectivity index (χ0n) is 29.1. The standard InChI is InChI=1S/C40H40ClN7O2S/c1-23-24(2)51-40-37(23)38(27-6-9-32(41)10-7-27)44-34(39-46-45-25(3)48(39)40)21-36(50)42-15-12-26-13-16-47(17-14-26)35-11-8-30(22-43-35)28-4-5-29-19-33(49)20-31(29)18-28/h4-11,18,22,26,34H,12-17,19-21H2,1-3H3,(H,42,50)/t34-/m0/s1. The summed E-state index contributed by atoms with van der Waals surface area (Å²) in [6, 6.07) is 17.8. The molecule has 1 aliphatic carbocycles. The number of Topliss-reactive ketones (excluding diaryl/α,β-unsaturated/α-hetero) is 1. The quantitative estimate of drug-likeness (QED) is 0.180. The van der Waals surface area contributed by atoms with Gasteiger partial charge in [0.2, 0.25) is 5.91 Å². The summed E-state index contributed by atoms with van der Waals surface area (Å²) < 4.78 is 2.08. The van der Waals surface area contributed by atoms with Crippen molar-refractivity contribution in [2.45, 2.75) is 65.3 Å². The van der Waals surface area contributed by atoms with Crippen LogP contribution in [0.3, 0.4) is 0 Å². The van der Waals surface area contributed by atoms with Gasteiger partial charge in [-0.3, -0.25) is 19.1 Å². The molecule has 1 atom stereocenters. The van der Waals surface area contributed by atoms with Crippen LogP contribution in [0.5, 0.6) is 0 Å². The zero-order valence-corrected chi connectivity index (χ0v) is 30.7. The number of carbonyl (C=O) groups is 2. The summed E-state index contributed by atoms with van der Waals surface area (Å²) in [4.78, 5) is 38.9. The summed E-state index contributed by atoms with van der Waals surface area (Å²) in [5.74, 6) is 3.25. The molecule has 2 aromatic carbocycles.